The first-order chi connectivity index (χ1) is 17.5. The Balaban J connectivity index is 1.80. The number of amides is 2. The van der Waals surface area contributed by atoms with E-state index in [0.29, 0.717) is 33.5 Å². The van der Waals surface area contributed by atoms with Gasteiger partial charge < -0.3 is 25.2 Å². The molecule has 0 aliphatic carbocycles. The van der Waals surface area contributed by atoms with Gasteiger partial charge in [0.2, 0.25) is 0 Å². The van der Waals surface area contributed by atoms with Crippen LogP contribution in [0.5, 0.6) is 17.2 Å². The number of hydrogen-bond donors (Lipinski definition) is 3. The number of ether oxygens (including phenoxy) is 2. The molecule has 0 atom stereocenters. The molecule has 36 heavy (non-hydrogen) atoms. The smallest absolute Gasteiger partial charge is 0.259 e. The van der Waals surface area contributed by atoms with E-state index in [9.17, 15) is 14.7 Å². The van der Waals surface area contributed by atoms with Crippen molar-refractivity contribution in [2.45, 2.75) is 0 Å². The normalized spacial score (nSPS) is 10.9. The molecule has 0 aromatic heterocycles. The van der Waals surface area contributed by atoms with E-state index < -0.39 is 5.91 Å². The Morgan fingerprint density at radius 1 is 0.833 bits per heavy atom. The lowest BCUT2D eigenvalue weighted by Crippen LogP contribution is -2.17. The molecule has 0 heterocycles. The zero-order valence-electron chi connectivity index (χ0n) is 19.9. The number of aromatic hydroxyl groups is 1. The number of benzene rings is 4. The van der Waals surface area contributed by atoms with E-state index in [1.807, 2.05) is 6.07 Å². The van der Waals surface area contributed by atoms with Crippen molar-refractivity contribution in [3.63, 3.8) is 0 Å². The Morgan fingerprint density at radius 3 is 2.31 bits per heavy atom. The van der Waals surface area contributed by atoms with Gasteiger partial charge in [-0.1, -0.05) is 36.4 Å². The first kappa shape index (κ1) is 24.2. The SMILES string of the molecule is CNC(=O)c1ccc(OC)c(/N=N/c2c(O)c(C(=O)Nc3ccccc3OC)cc3ccccc23)c1. The second kappa shape index (κ2) is 10.6. The third kappa shape index (κ3) is 4.80. The van der Waals surface area contributed by atoms with Crippen LogP contribution in [0.2, 0.25) is 0 Å². The van der Waals surface area contributed by atoms with Crippen LogP contribution in [0.25, 0.3) is 10.8 Å². The fourth-order valence-corrected chi connectivity index (χ4v) is 3.69. The third-order valence-corrected chi connectivity index (χ3v) is 5.52. The molecule has 0 aliphatic rings. The van der Waals surface area contributed by atoms with E-state index in [4.69, 9.17) is 9.47 Å². The van der Waals surface area contributed by atoms with Crippen LogP contribution in [0.4, 0.5) is 17.1 Å². The predicted molar refractivity (Wildman–Crippen MR) is 137 cm³/mol. The molecule has 0 fully saturated rings. The highest BCUT2D eigenvalue weighted by Crippen LogP contribution is 2.41. The van der Waals surface area contributed by atoms with Gasteiger partial charge in [-0.15, -0.1) is 10.2 Å². The number of hydrogen-bond acceptors (Lipinski definition) is 7. The summed E-state index contributed by atoms with van der Waals surface area (Å²) in [6, 6.07) is 20.5. The first-order valence-corrected chi connectivity index (χ1v) is 11.0. The van der Waals surface area contributed by atoms with E-state index >= 15 is 0 Å². The van der Waals surface area contributed by atoms with Gasteiger partial charge in [0.1, 0.15) is 22.9 Å². The number of fused-ring (bicyclic) bond motifs is 1. The van der Waals surface area contributed by atoms with Crippen LogP contribution in [0, 0.1) is 0 Å². The molecule has 2 amide bonds. The van der Waals surface area contributed by atoms with Crippen LogP contribution in [0.1, 0.15) is 20.7 Å². The molecule has 0 aliphatic heterocycles. The zero-order valence-corrected chi connectivity index (χ0v) is 19.9. The largest absolute Gasteiger partial charge is 0.505 e. The van der Waals surface area contributed by atoms with E-state index in [1.165, 1.54) is 27.3 Å². The number of rotatable bonds is 7. The molecular weight excluding hydrogens is 460 g/mol. The lowest BCUT2D eigenvalue weighted by Gasteiger charge is -2.13. The van der Waals surface area contributed by atoms with Crippen molar-refractivity contribution in [2.75, 3.05) is 26.6 Å². The highest BCUT2D eigenvalue weighted by atomic mass is 16.5. The number of nitrogens with one attached hydrogen (secondary N) is 2. The van der Waals surface area contributed by atoms with Gasteiger partial charge in [0.15, 0.2) is 5.75 Å². The Labute approximate surface area is 207 Å². The summed E-state index contributed by atoms with van der Waals surface area (Å²) < 4.78 is 10.6. The van der Waals surface area contributed by atoms with Crippen LogP contribution in [0.3, 0.4) is 0 Å². The van der Waals surface area contributed by atoms with Gasteiger partial charge in [0.05, 0.1) is 25.5 Å². The second-order valence-corrected chi connectivity index (χ2v) is 7.66. The molecule has 0 bridgehead atoms. The summed E-state index contributed by atoms with van der Waals surface area (Å²) in [4.78, 5) is 25.2. The predicted octanol–water partition coefficient (Wildman–Crippen LogP) is 5.59. The highest BCUT2D eigenvalue weighted by Gasteiger charge is 2.20. The first-order valence-electron chi connectivity index (χ1n) is 11.0. The molecule has 0 saturated carbocycles. The monoisotopic (exact) mass is 484 g/mol. The van der Waals surface area contributed by atoms with E-state index in [1.54, 1.807) is 60.7 Å². The maximum Gasteiger partial charge on any atom is 0.259 e. The molecule has 0 spiro atoms. The number of carbonyl (C=O) groups is 2. The lowest BCUT2D eigenvalue weighted by atomic mass is 10.0. The Morgan fingerprint density at radius 2 is 1.56 bits per heavy atom. The Bertz CT molecular complexity index is 1480. The highest BCUT2D eigenvalue weighted by molar-refractivity contribution is 6.12. The van der Waals surface area contributed by atoms with E-state index in [-0.39, 0.29) is 28.6 Å². The van der Waals surface area contributed by atoms with Gasteiger partial charge in [0.25, 0.3) is 11.8 Å². The van der Waals surface area contributed by atoms with E-state index in [0.717, 1.165) is 0 Å². The Hall–Kier alpha value is -4.92. The van der Waals surface area contributed by atoms with Gasteiger partial charge in [0, 0.05) is 18.0 Å². The lowest BCUT2D eigenvalue weighted by molar-refractivity contribution is 0.0962. The number of para-hydroxylation sites is 2. The average Bonchev–Trinajstić information content (AvgIpc) is 2.91. The van der Waals surface area contributed by atoms with Gasteiger partial charge in [-0.25, -0.2) is 0 Å². The van der Waals surface area contributed by atoms with Crippen LogP contribution < -0.4 is 20.1 Å². The Kier molecular flexibility index (Phi) is 7.10. The molecule has 0 unspecified atom stereocenters. The van der Waals surface area contributed by atoms with Gasteiger partial charge in [-0.3, -0.25) is 9.59 Å². The fraction of sp³-hybridized carbons (Fsp3) is 0.111. The number of phenolic OH excluding ortho intramolecular Hbond substituents is 1. The number of azo groups is 1. The van der Waals surface area contributed by atoms with Gasteiger partial charge >= 0.3 is 0 Å². The minimum atomic E-state index is -0.543. The average molecular weight is 485 g/mol. The van der Waals surface area contributed by atoms with Crippen molar-refractivity contribution in [3.8, 4) is 17.2 Å². The maximum atomic E-state index is 13.2. The summed E-state index contributed by atoms with van der Waals surface area (Å²) in [5.41, 5.74) is 1.22. The summed E-state index contributed by atoms with van der Waals surface area (Å²) >= 11 is 0. The van der Waals surface area contributed by atoms with Gasteiger partial charge in [-0.2, -0.15) is 0 Å². The van der Waals surface area contributed by atoms with Crippen LogP contribution >= 0.6 is 0 Å². The molecule has 4 aromatic rings. The summed E-state index contributed by atoms with van der Waals surface area (Å²) in [5, 5.41) is 26.2. The van der Waals surface area contributed by atoms with Crippen LogP contribution in [0.15, 0.2) is 83.0 Å². The van der Waals surface area contributed by atoms with E-state index in [2.05, 4.69) is 20.9 Å². The standard InChI is InChI=1S/C27H24N4O5/c1-28-26(33)17-12-13-23(36-3)21(15-17)30-31-24-18-9-5-4-8-16(18)14-19(25(24)32)27(34)29-20-10-6-7-11-22(20)35-2/h4-15,32H,1-3H3,(H,28,33)(H,29,34)/b31-30+. The van der Waals surface area contributed by atoms with Crippen LogP contribution in [-0.2, 0) is 0 Å². The van der Waals surface area contributed by atoms with Crippen molar-refractivity contribution in [3.05, 3.63) is 83.9 Å². The van der Waals surface area contributed by atoms with Crippen molar-refractivity contribution in [2.24, 2.45) is 10.2 Å². The number of nitrogens with zero attached hydrogens (tertiary/aromatic N) is 2. The summed E-state index contributed by atoms with van der Waals surface area (Å²) in [6.07, 6.45) is 0. The van der Waals surface area contributed by atoms with Gasteiger partial charge in [-0.05, 0) is 41.8 Å². The number of anilines is 1. The molecule has 0 radical (unpaired) electrons. The number of methoxy groups -OCH3 is 2. The minimum absolute atomic E-state index is 0.0135. The van der Waals surface area contributed by atoms with Crippen molar-refractivity contribution >= 4 is 39.6 Å². The molecule has 9 nitrogen and oxygen atoms in total. The summed E-state index contributed by atoms with van der Waals surface area (Å²) in [7, 11) is 4.51. The maximum absolute atomic E-state index is 13.2. The van der Waals surface area contributed by atoms with Crippen molar-refractivity contribution < 1.29 is 24.2 Å². The molecular formula is C27H24N4O5. The summed E-state index contributed by atoms with van der Waals surface area (Å²) in [5.74, 6) is -0.309. The molecule has 9 heteroatoms. The van der Waals surface area contributed by atoms with Crippen LogP contribution in [-0.4, -0.2) is 38.2 Å². The molecule has 0 saturated heterocycles. The second-order valence-electron chi connectivity index (χ2n) is 7.66. The zero-order chi connectivity index (χ0) is 25.7. The quantitative estimate of drug-likeness (QED) is 0.295. The van der Waals surface area contributed by atoms with Crippen molar-refractivity contribution in [1.29, 1.82) is 0 Å². The topological polar surface area (TPSA) is 122 Å². The fourth-order valence-electron chi connectivity index (χ4n) is 3.69. The number of carbonyl (C=O) groups excluding carboxylic acids is 2. The molecule has 182 valence electrons. The molecule has 3 N–H and O–H groups in total. The molecule has 4 rings (SSSR count). The third-order valence-electron chi connectivity index (χ3n) is 5.52. The minimum Gasteiger partial charge on any atom is -0.505 e. The molecule has 4 aromatic carbocycles. The van der Waals surface area contributed by atoms with Crippen molar-refractivity contribution in [1.82, 2.24) is 5.32 Å². The number of phenols is 1. The summed E-state index contributed by atoms with van der Waals surface area (Å²) in [6.45, 7) is 0.